The Kier molecular flexibility index (Phi) is 7.12. The molecular formula is C18H28ClN3S. The summed E-state index contributed by atoms with van der Waals surface area (Å²) >= 11 is 11.7. The van der Waals surface area contributed by atoms with Gasteiger partial charge in [-0.25, -0.2) is 0 Å². The summed E-state index contributed by atoms with van der Waals surface area (Å²) in [6.45, 7) is 7.77. The van der Waals surface area contributed by atoms with Crippen LogP contribution in [0.5, 0.6) is 0 Å². The average Bonchev–Trinajstić information content (AvgIpc) is 2.54. The summed E-state index contributed by atoms with van der Waals surface area (Å²) in [4.78, 5) is 4.77. The van der Waals surface area contributed by atoms with Gasteiger partial charge < -0.3 is 15.1 Å². The van der Waals surface area contributed by atoms with Gasteiger partial charge in [0.2, 0.25) is 0 Å². The summed E-state index contributed by atoms with van der Waals surface area (Å²) in [5.41, 5.74) is 0.885. The molecule has 1 aliphatic heterocycles. The highest BCUT2D eigenvalue weighted by molar-refractivity contribution is 7.80. The first-order valence-electron chi connectivity index (χ1n) is 8.48. The lowest BCUT2D eigenvalue weighted by molar-refractivity contribution is 0.159. The van der Waals surface area contributed by atoms with Crippen molar-refractivity contribution in [3.63, 3.8) is 0 Å². The fraction of sp³-hybridized carbons (Fsp3) is 0.611. The van der Waals surface area contributed by atoms with Crippen molar-refractivity contribution in [1.29, 1.82) is 0 Å². The fourth-order valence-electron chi connectivity index (χ4n) is 2.91. The Balaban J connectivity index is 1.80. The summed E-state index contributed by atoms with van der Waals surface area (Å²) in [5.74, 6) is 0.768. The van der Waals surface area contributed by atoms with Crippen LogP contribution < -0.4 is 5.32 Å². The first kappa shape index (κ1) is 18.5. The maximum Gasteiger partial charge on any atom is 0.173 e. The van der Waals surface area contributed by atoms with Crippen LogP contribution in [0.4, 0.5) is 5.69 Å². The zero-order valence-corrected chi connectivity index (χ0v) is 16.0. The average molecular weight is 354 g/mol. The Morgan fingerprint density at radius 2 is 2.00 bits per heavy atom. The predicted molar refractivity (Wildman–Crippen MR) is 104 cm³/mol. The van der Waals surface area contributed by atoms with E-state index in [-0.39, 0.29) is 0 Å². The van der Waals surface area contributed by atoms with E-state index >= 15 is 0 Å². The number of hydrogen-bond donors (Lipinski definition) is 1. The number of hydrogen-bond acceptors (Lipinski definition) is 2. The third-order valence-corrected chi connectivity index (χ3v) is 5.24. The number of halogens is 1. The van der Waals surface area contributed by atoms with Crippen molar-refractivity contribution in [2.75, 3.05) is 32.0 Å². The summed E-state index contributed by atoms with van der Waals surface area (Å²) in [5, 5.41) is 4.76. The van der Waals surface area contributed by atoms with Gasteiger partial charge in [0.25, 0.3) is 0 Å². The number of para-hydroxylation sites is 1. The first-order chi connectivity index (χ1) is 11.0. The standard InChI is InChI=1S/C18H28ClN3S/c1-14(2)8-11-21(3)15-9-12-22(13-10-15)18(23)20-17-7-5-4-6-16(17)19/h4-7,14-15H,8-13H2,1-3H3,(H,20,23). The van der Waals surface area contributed by atoms with Crippen LogP contribution >= 0.6 is 23.8 Å². The fourth-order valence-corrected chi connectivity index (χ4v) is 3.39. The predicted octanol–water partition coefficient (Wildman–Crippen LogP) is 4.48. The van der Waals surface area contributed by atoms with E-state index in [1.165, 1.54) is 25.8 Å². The minimum absolute atomic E-state index is 0.674. The summed E-state index contributed by atoms with van der Waals surface area (Å²) in [6.07, 6.45) is 3.60. The number of nitrogens with zero attached hydrogens (tertiary/aromatic N) is 2. The molecule has 2 rings (SSSR count). The lowest BCUT2D eigenvalue weighted by Gasteiger charge is -2.38. The highest BCUT2D eigenvalue weighted by Gasteiger charge is 2.23. The van der Waals surface area contributed by atoms with Crippen LogP contribution in [-0.4, -0.2) is 47.6 Å². The molecular weight excluding hydrogens is 326 g/mol. The molecule has 0 bridgehead atoms. The molecule has 0 aliphatic carbocycles. The SMILES string of the molecule is CC(C)CCN(C)C1CCN(C(=S)Nc2ccccc2Cl)CC1. The van der Waals surface area contributed by atoms with Gasteiger partial charge in [-0.2, -0.15) is 0 Å². The zero-order chi connectivity index (χ0) is 16.8. The van der Waals surface area contributed by atoms with E-state index < -0.39 is 0 Å². The molecule has 1 aromatic rings. The van der Waals surface area contributed by atoms with Gasteiger partial charge in [-0.15, -0.1) is 0 Å². The van der Waals surface area contributed by atoms with Crippen molar-refractivity contribution < 1.29 is 0 Å². The van der Waals surface area contributed by atoms with Crippen molar-refractivity contribution in [1.82, 2.24) is 9.80 Å². The Morgan fingerprint density at radius 1 is 1.35 bits per heavy atom. The molecule has 0 radical (unpaired) electrons. The molecule has 1 aliphatic rings. The van der Waals surface area contributed by atoms with Gasteiger partial charge in [0.1, 0.15) is 0 Å². The second-order valence-electron chi connectivity index (χ2n) is 6.79. The Labute approximate surface area is 151 Å². The van der Waals surface area contributed by atoms with Gasteiger partial charge in [0.15, 0.2) is 5.11 Å². The van der Waals surface area contributed by atoms with E-state index in [0.717, 1.165) is 29.8 Å². The van der Waals surface area contributed by atoms with Gasteiger partial charge in [-0.3, -0.25) is 0 Å². The number of benzene rings is 1. The Morgan fingerprint density at radius 3 is 2.61 bits per heavy atom. The summed E-state index contributed by atoms with van der Waals surface area (Å²) in [6, 6.07) is 8.40. The normalized spacial score (nSPS) is 16.2. The van der Waals surface area contributed by atoms with Crippen LogP contribution in [0.15, 0.2) is 24.3 Å². The van der Waals surface area contributed by atoms with Crippen LogP contribution in [0.2, 0.25) is 5.02 Å². The number of thiocarbonyl (C=S) groups is 1. The molecule has 1 saturated heterocycles. The molecule has 3 nitrogen and oxygen atoms in total. The molecule has 5 heteroatoms. The number of rotatable bonds is 5. The molecule has 0 unspecified atom stereocenters. The molecule has 0 atom stereocenters. The maximum absolute atomic E-state index is 6.18. The number of anilines is 1. The van der Waals surface area contributed by atoms with Gasteiger partial charge in [-0.1, -0.05) is 37.6 Å². The lowest BCUT2D eigenvalue weighted by Crippen LogP contribution is -2.47. The van der Waals surface area contributed by atoms with Crippen LogP contribution in [0, 0.1) is 5.92 Å². The van der Waals surface area contributed by atoms with E-state index in [2.05, 4.69) is 36.0 Å². The third kappa shape index (κ3) is 5.63. The minimum Gasteiger partial charge on any atom is -0.349 e. The molecule has 128 valence electrons. The van der Waals surface area contributed by atoms with E-state index in [4.69, 9.17) is 23.8 Å². The van der Waals surface area contributed by atoms with Gasteiger partial charge in [-0.05, 0) is 63.1 Å². The maximum atomic E-state index is 6.18. The highest BCUT2D eigenvalue weighted by Crippen LogP contribution is 2.22. The lowest BCUT2D eigenvalue weighted by atomic mass is 10.0. The molecule has 1 N–H and O–H groups in total. The van der Waals surface area contributed by atoms with Crippen molar-refractivity contribution in [3.8, 4) is 0 Å². The van der Waals surface area contributed by atoms with Crippen LogP contribution in [0.1, 0.15) is 33.1 Å². The van der Waals surface area contributed by atoms with Crippen LogP contribution in [0.3, 0.4) is 0 Å². The largest absolute Gasteiger partial charge is 0.349 e. The monoisotopic (exact) mass is 353 g/mol. The second-order valence-corrected chi connectivity index (χ2v) is 7.59. The number of nitrogens with one attached hydrogen (secondary N) is 1. The van der Waals surface area contributed by atoms with Crippen LogP contribution in [-0.2, 0) is 0 Å². The van der Waals surface area contributed by atoms with Crippen LogP contribution in [0.25, 0.3) is 0 Å². The smallest absolute Gasteiger partial charge is 0.173 e. The molecule has 0 amide bonds. The third-order valence-electron chi connectivity index (χ3n) is 4.55. The Bertz CT molecular complexity index is 513. The van der Waals surface area contributed by atoms with Crippen molar-refractivity contribution in [2.24, 2.45) is 5.92 Å². The quantitative estimate of drug-likeness (QED) is 0.786. The number of piperidine rings is 1. The summed E-state index contributed by atoms with van der Waals surface area (Å²) < 4.78 is 0. The zero-order valence-electron chi connectivity index (χ0n) is 14.4. The van der Waals surface area contributed by atoms with E-state index in [9.17, 15) is 0 Å². The molecule has 0 spiro atoms. The Hall–Kier alpha value is -0.840. The van der Waals surface area contributed by atoms with E-state index in [0.29, 0.717) is 11.1 Å². The van der Waals surface area contributed by atoms with E-state index in [1.807, 2.05) is 24.3 Å². The molecule has 1 heterocycles. The van der Waals surface area contributed by atoms with Crippen molar-refractivity contribution >= 4 is 34.6 Å². The van der Waals surface area contributed by atoms with Gasteiger partial charge in [0.05, 0.1) is 10.7 Å². The molecule has 0 saturated carbocycles. The minimum atomic E-state index is 0.674. The topological polar surface area (TPSA) is 18.5 Å². The van der Waals surface area contributed by atoms with Crippen molar-refractivity contribution in [3.05, 3.63) is 29.3 Å². The molecule has 0 aromatic heterocycles. The highest BCUT2D eigenvalue weighted by atomic mass is 35.5. The van der Waals surface area contributed by atoms with Crippen molar-refractivity contribution in [2.45, 2.75) is 39.2 Å². The van der Waals surface area contributed by atoms with Gasteiger partial charge in [0, 0.05) is 19.1 Å². The molecule has 23 heavy (non-hydrogen) atoms. The summed E-state index contributed by atoms with van der Waals surface area (Å²) in [7, 11) is 2.25. The first-order valence-corrected chi connectivity index (χ1v) is 9.26. The molecule has 1 fully saturated rings. The van der Waals surface area contributed by atoms with Gasteiger partial charge >= 0.3 is 0 Å². The number of likely N-dealkylation sites (tertiary alicyclic amines) is 1. The van der Waals surface area contributed by atoms with E-state index in [1.54, 1.807) is 0 Å². The second kappa shape index (κ2) is 8.86. The molecule has 1 aromatic carbocycles.